The molecule has 0 spiro atoms. The van der Waals surface area contributed by atoms with E-state index in [2.05, 4.69) is 10.6 Å². The van der Waals surface area contributed by atoms with Crippen LogP contribution in [0.1, 0.15) is 31.4 Å². The molecule has 1 aromatic rings. The highest BCUT2D eigenvalue weighted by atomic mass is 16.3. The van der Waals surface area contributed by atoms with E-state index in [4.69, 9.17) is 0 Å². The van der Waals surface area contributed by atoms with Crippen molar-refractivity contribution in [3.8, 4) is 0 Å². The quantitative estimate of drug-likeness (QED) is 0.677. The number of anilines is 2. The molecule has 1 heterocycles. The van der Waals surface area contributed by atoms with Crippen molar-refractivity contribution in [2.45, 2.75) is 25.9 Å². The first-order chi connectivity index (χ1) is 8.10. The molecule has 1 atom stereocenters. The number of rotatable bonds is 2. The van der Waals surface area contributed by atoms with Crippen molar-refractivity contribution in [1.29, 1.82) is 0 Å². The van der Waals surface area contributed by atoms with Crippen LogP contribution in [0.5, 0.6) is 0 Å². The zero-order valence-electron chi connectivity index (χ0n) is 9.49. The summed E-state index contributed by atoms with van der Waals surface area (Å²) in [5, 5.41) is 15.0. The Hall–Kier alpha value is -1.88. The predicted molar refractivity (Wildman–Crippen MR) is 63.6 cm³/mol. The summed E-state index contributed by atoms with van der Waals surface area (Å²) in [5.74, 6) is -0.672. The van der Waals surface area contributed by atoms with E-state index >= 15 is 0 Å². The van der Waals surface area contributed by atoms with Gasteiger partial charge in [-0.15, -0.1) is 0 Å². The number of carbonyl (C=O) groups is 2. The number of hydrogen-bond acceptors (Lipinski definition) is 3. The van der Waals surface area contributed by atoms with E-state index < -0.39 is 6.10 Å². The number of amides is 2. The van der Waals surface area contributed by atoms with Gasteiger partial charge in [-0.1, -0.05) is 13.0 Å². The molecule has 5 heteroatoms. The van der Waals surface area contributed by atoms with Gasteiger partial charge >= 0.3 is 0 Å². The standard InChI is InChI=1S/C12H14N2O3/c1-2-10(15)7-3-4-8-9(5-7)14-12(17)6-11(16)13-8/h3-5,10,15H,2,6H2,1H3,(H,13,16)(H,14,17)/t10-/m0/s1. The molecule has 90 valence electrons. The van der Waals surface area contributed by atoms with Crippen LogP contribution < -0.4 is 10.6 Å². The van der Waals surface area contributed by atoms with Crippen LogP contribution in [0, 0.1) is 0 Å². The van der Waals surface area contributed by atoms with Gasteiger partial charge in [-0.2, -0.15) is 0 Å². The molecule has 2 rings (SSSR count). The maximum Gasteiger partial charge on any atom is 0.233 e. The Morgan fingerprint density at radius 3 is 2.53 bits per heavy atom. The molecule has 0 radical (unpaired) electrons. The minimum Gasteiger partial charge on any atom is -0.388 e. The monoisotopic (exact) mass is 234 g/mol. The number of hydrogen-bond donors (Lipinski definition) is 3. The highest BCUT2D eigenvalue weighted by molar-refractivity contribution is 6.13. The molecule has 5 nitrogen and oxygen atoms in total. The lowest BCUT2D eigenvalue weighted by Crippen LogP contribution is -2.16. The summed E-state index contributed by atoms with van der Waals surface area (Å²) >= 11 is 0. The van der Waals surface area contributed by atoms with Crippen molar-refractivity contribution in [2.75, 3.05) is 10.6 Å². The normalized spacial score (nSPS) is 16.6. The zero-order chi connectivity index (χ0) is 12.4. The third-order valence-electron chi connectivity index (χ3n) is 2.68. The van der Waals surface area contributed by atoms with Gasteiger partial charge in [0.15, 0.2) is 0 Å². The van der Waals surface area contributed by atoms with E-state index in [9.17, 15) is 14.7 Å². The molecule has 17 heavy (non-hydrogen) atoms. The van der Waals surface area contributed by atoms with Gasteiger partial charge in [0.25, 0.3) is 0 Å². The van der Waals surface area contributed by atoms with Crippen molar-refractivity contribution >= 4 is 23.2 Å². The summed E-state index contributed by atoms with van der Waals surface area (Å²) in [5.41, 5.74) is 1.82. The summed E-state index contributed by atoms with van der Waals surface area (Å²) < 4.78 is 0. The van der Waals surface area contributed by atoms with Crippen LogP contribution in [0.3, 0.4) is 0 Å². The minimum atomic E-state index is -0.559. The predicted octanol–water partition coefficient (Wildman–Crippen LogP) is 1.41. The number of carbonyl (C=O) groups excluding carboxylic acids is 2. The van der Waals surface area contributed by atoms with E-state index in [-0.39, 0.29) is 18.2 Å². The van der Waals surface area contributed by atoms with E-state index in [1.165, 1.54) is 0 Å². The fourth-order valence-corrected chi connectivity index (χ4v) is 1.75. The van der Waals surface area contributed by atoms with Gasteiger partial charge < -0.3 is 15.7 Å². The van der Waals surface area contributed by atoms with E-state index in [1.54, 1.807) is 18.2 Å². The average Bonchev–Trinajstić information content (AvgIpc) is 2.43. The Morgan fingerprint density at radius 2 is 1.88 bits per heavy atom. The minimum absolute atomic E-state index is 0.180. The van der Waals surface area contributed by atoms with Crippen LogP contribution in [0.25, 0.3) is 0 Å². The van der Waals surface area contributed by atoms with Crippen molar-refractivity contribution < 1.29 is 14.7 Å². The molecule has 0 fully saturated rings. The van der Waals surface area contributed by atoms with E-state index in [0.717, 1.165) is 5.56 Å². The zero-order valence-corrected chi connectivity index (χ0v) is 9.49. The molecule has 0 saturated carbocycles. The van der Waals surface area contributed by atoms with Crippen LogP contribution in [-0.2, 0) is 9.59 Å². The summed E-state index contributed by atoms with van der Waals surface area (Å²) in [6.45, 7) is 1.87. The van der Waals surface area contributed by atoms with Gasteiger partial charge in [-0.3, -0.25) is 9.59 Å². The van der Waals surface area contributed by atoms with Gasteiger partial charge in [-0.05, 0) is 24.1 Å². The lowest BCUT2D eigenvalue weighted by molar-refractivity contribution is -0.123. The van der Waals surface area contributed by atoms with Gasteiger partial charge in [0.1, 0.15) is 6.42 Å². The highest BCUT2D eigenvalue weighted by Crippen LogP contribution is 2.29. The molecule has 1 aromatic carbocycles. The molecular weight excluding hydrogens is 220 g/mol. The number of benzene rings is 1. The molecular formula is C12H14N2O3. The van der Waals surface area contributed by atoms with Crippen LogP contribution in [-0.4, -0.2) is 16.9 Å². The molecule has 0 aromatic heterocycles. The van der Waals surface area contributed by atoms with Crippen LogP contribution in [0.4, 0.5) is 11.4 Å². The molecule has 2 amide bonds. The Bertz CT molecular complexity index is 471. The topological polar surface area (TPSA) is 78.4 Å². The number of nitrogens with one attached hydrogen (secondary N) is 2. The maximum atomic E-state index is 11.4. The molecule has 0 saturated heterocycles. The van der Waals surface area contributed by atoms with Crippen molar-refractivity contribution in [3.63, 3.8) is 0 Å². The molecule has 3 N–H and O–H groups in total. The molecule has 0 unspecified atom stereocenters. The lowest BCUT2D eigenvalue weighted by atomic mass is 10.1. The van der Waals surface area contributed by atoms with Gasteiger partial charge in [0, 0.05) is 0 Å². The van der Waals surface area contributed by atoms with Gasteiger partial charge in [-0.25, -0.2) is 0 Å². The second kappa shape index (κ2) is 4.55. The Kier molecular flexibility index (Phi) is 3.10. The van der Waals surface area contributed by atoms with Crippen molar-refractivity contribution in [2.24, 2.45) is 0 Å². The van der Waals surface area contributed by atoms with Crippen LogP contribution in [0.15, 0.2) is 18.2 Å². The molecule has 0 aliphatic carbocycles. The second-order valence-electron chi connectivity index (χ2n) is 4.00. The maximum absolute atomic E-state index is 11.4. The first kappa shape index (κ1) is 11.6. The first-order valence-corrected chi connectivity index (χ1v) is 5.52. The fourth-order valence-electron chi connectivity index (χ4n) is 1.75. The third kappa shape index (κ3) is 2.45. The number of fused-ring (bicyclic) bond motifs is 1. The fraction of sp³-hybridized carbons (Fsp3) is 0.333. The third-order valence-corrected chi connectivity index (χ3v) is 2.68. The first-order valence-electron chi connectivity index (χ1n) is 5.52. The smallest absolute Gasteiger partial charge is 0.233 e. The molecule has 1 aliphatic heterocycles. The van der Waals surface area contributed by atoms with Gasteiger partial charge in [0.2, 0.25) is 11.8 Å². The van der Waals surface area contributed by atoms with Crippen molar-refractivity contribution in [3.05, 3.63) is 23.8 Å². The van der Waals surface area contributed by atoms with Crippen LogP contribution >= 0.6 is 0 Å². The second-order valence-corrected chi connectivity index (χ2v) is 4.00. The lowest BCUT2D eigenvalue weighted by Gasteiger charge is -2.12. The summed E-state index contributed by atoms with van der Waals surface area (Å²) in [6.07, 6.45) is -0.143. The highest BCUT2D eigenvalue weighted by Gasteiger charge is 2.19. The summed E-state index contributed by atoms with van der Waals surface area (Å²) in [7, 11) is 0. The Labute approximate surface area is 98.8 Å². The summed E-state index contributed by atoms with van der Waals surface area (Å²) in [4.78, 5) is 22.7. The van der Waals surface area contributed by atoms with Crippen molar-refractivity contribution in [1.82, 2.24) is 0 Å². The van der Waals surface area contributed by atoms with Crippen LogP contribution in [0.2, 0.25) is 0 Å². The Balaban J connectivity index is 2.37. The largest absolute Gasteiger partial charge is 0.388 e. The van der Waals surface area contributed by atoms with Gasteiger partial charge in [0.05, 0.1) is 17.5 Å². The molecule has 1 aliphatic rings. The SMILES string of the molecule is CC[C@H](O)c1ccc2c(c1)NC(=O)CC(=O)N2. The molecule has 0 bridgehead atoms. The average molecular weight is 234 g/mol. The Morgan fingerprint density at radius 1 is 1.24 bits per heavy atom. The number of aliphatic hydroxyl groups excluding tert-OH is 1. The van der Waals surface area contributed by atoms with E-state index in [0.29, 0.717) is 17.8 Å². The number of aliphatic hydroxyl groups is 1. The van der Waals surface area contributed by atoms with E-state index in [1.807, 2.05) is 6.92 Å². The summed E-state index contributed by atoms with van der Waals surface area (Å²) in [6, 6.07) is 5.12.